The summed E-state index contributed by atoms with van der Waals surface area (Å²) in [7, 11) is 0. The first kappa shape index (κ1) is 22.4. The van der Waals surface area contributed by atoms with Crippen LogP contribution in [0.25, 0.3) is 0 Å². The number of likely N-dealkylation sites (tertiary alicyclic amines) is 1. The number of carbonyl (C=O) groups is 3. The first-order valence-electron chi connectivity index (χ1n) is 9.83. The monoisotopic (exact) mass is 410 g/mol. The van der Waals surface area contributed by atoms with Gasteiger partial charge in [-0.15, -0.1) is 11.3 Å². The van der Waals surface area contributed by atoms with Gasteiger partial charge in [0, 0.05) is 12.1 Å². The fourth-order valence-electron chi connectivity index (χ4n) is 3.56. The normalized spacial score (nSPS) is 19.9. The fourth-order valence-corrected chi connectivity index (χ4v) is 4.67. The molecule has 28 heavy (non-hydrogen) atoms. The maximum atomic E-state index is 12.7. The number of ether oxygens (including phenoxy) is 2. The molecule has 1 aromatic rings. The number of thiophene rings is 1. The average Bonchev–Trinajstić information content (AvgIpc) is 2.95. The molecule has 1 N–H and O–H groups in total. The van der Waals surface area contributed by atoms with E-state index >= 15 is 0 Å². The van der Waals surface area contributed by atoms with Crippen LogP contribution in [-0.4, -0.2) is 54.6 Å². The third-order valence-corrected chi connectivity index (χ3v) is 6.23. The maximum absolute atomic E-state index is 12.7. The van der Waals surface area contributed by atoms with E-state index in [1.807, 2.05) is 0 Å². The highest BCUT2D eigenvalue weighted by molar-refractivity contribution is 7.18. The van der Waals surface area contributed by atoms with Gasteiger partial charge >= 0.3 is 11.9 Å². The summed E-state index contributed by atoms with van der Waals surface area (Å²) >= 11 is 1.05. The van der Waals surface area contributed by atoms with Crippen LogP contribution in [0.1, 0.15) is 72.6 Å². The van der Waals surface area contributed by atoms with Crippen LogP contribution in [0.2, 0.25) is 0 Å². The molecule has 0 aliphatic carbocycles. The number of nitrogens with one attached hydrogen (secondary N) is 1. The molecule has 156 valence electrons. The van der Waals surface area contributed by atoms with Crippen molar-refractivity contribution in [3.05, 3.63) is 16.0 Å². The van der Waals surface area contributed by atoms with Gasteiger partial charge in [0.05, 0.1) is 25.3 Å². The van der Waals surface area contributed by atoms with Crippen molar-refractivity contribution in [3.8, 4) is 0 Å². The van der Waals surface area contributed by atoms with Gasteiger partial charge in [0.1, 0.15) is 9.88 Å². The second kappa shape index (κ2) is 10.0. The summed E-state index contributed by atoms with van der Waals surface area (Å²) in [6.07, 6.45) is 3.30. The van der Waals surface area contributed by atoms with Gasteiger partial charge in [-0.3, -0.25) is 9.69 Å². The van der Waals surface area contributed by atoms with Crippen molar-refractivity contribution in [1.29, 1.82) is 0 Å². The quantitative estimate of drug-likeness (QED) is 0.691. The zero-order valence-corrected chi connectivity index (χ0v) is 18.1. The largest absolute Gasteiger partial charge is 0.462 e. The Hall–Kier alpha value is -1.93. The molecule has 2 atom stereocenters. The summed E-state index contributed by atoms with van der Waals surface area (Å²) < 4.78 is 10.2. The summed E-state index contributed by atoms with van der Waals surface area (Å²) in [4.78, 5) is 39.8. The molecule has 0 saturated carbocycles. The maximum Gasteiger partial charge on any atom is 0.348 e. The van der Waals surface area contributed by atoms with Gasteiger partial charge in [0.25, 0.3) is 0 Å². The molecule has 0 spiro atoms. The van der Waals surface area contributed by atoms with Crippen LogP contribution in [0.5, 0.6) is 0 Å². The molecular formula is C20H30N2O5S. The highest BCUT2D eigenvalue weighted by Crippen LogP contribution is 2.34. The molecule has 0 aromatic carbocycles. The third-order valence-electron chi connectivity index (χ3n) is 5.04. The van der Waals surface area contributed by atoms with Crippen LogP contribution in [0.4, 0.5) is 5.00 Å². The van der Waals surface area contributed by atoms with Crippen molar-refractivity contribution < 1.29 is 23.9 Å². The molecule has 1 aliphatic heterocycles. The van der Waals surface area contributed by atoms with Crippen LogP contribution >= 0.6 is 11.3 Å². The Morgan fingerprint density at radius 1 is 1.07 bits per heavy atom. The number of piperidine rings is 1. The molecule has 0 bridgehead atoms. The Balaban J connectivity index is 2.24. The van der Waals surface area contributed by atoms with Gasteiger partial charge < -0.3 is 14.8 Å². The number of amides is 1. The number of carbonyl (C=O) groups excluding carboxylic acids is 3. The topological polar surface area (TPSA) is 84.9 Å². The van der Waals surface area contributed by atoms with Crippen molar-refractivity contribution in [2.45, 2.75) is 66.0 Å². The minimum atomic E-state index is -0.554. The van der Waals surface area contributed by atoms with Gasteiger partial charge in [-0.25, -0.2) is 9.59 Å². The highest BCUT2D eigenvalue weighted by atomic mass is 32.1. The summed E-state index contributed by atoms with van der Waals surface area (Å²) in [5.74, 6) is -1.26. The average molecular weight is 411 g/mol. The zero-order chi connectivity index (χ0) is 20.8. The molecular weight excluding hydrogens is 380 g/mol. The number of nitrogens with zero attached hydrogens (tertiary/aromatic N) is 1. The zero-order valence-electron chi connectivity index (χ0n) is 17.3. The summed E-state index contributed by atoms with van der Waals surface area (Å²) in [5, 5.41) is 3.16. The van der Waals surface area contributed by atoms with Crippen LogP contribution in [0.15, 0.2) is 0 Å². The summed E-state index contributed by atoms with van der Waals surface area (Å²) in [6.45, 7) is 10.0. The van der Waals surface area contributed by atoms with E-state index in [1.54, 1.807) is 20.8 Å². The van der Waals surface area contributed by atoms with E-state index < -0.39 is 11.9 Å². The molecule has 8 heteroatoms. The molecule has 1 aromatic heterocycles. The van der Waals surface area contributed by atoms with Crippen LogP contribution < -0.4 is 5.32 Å². The Kier molecular flexibility index (Phi) is 8.00. The van der Waals surface area contributed by atoms with E-state index in [1.165, 1.54) is 6.42 Å². The second-order valence-electron chi connectivity index (χ2n) is 7.05. The predicted molar refractivity (Wildman–Crippen MR) is 109 cm³/mol. The standard InChI is InChI=1S/C20H30N2O5S/c1-6-26-19(24)16-14(5)17(20(25)27-7-2)28-18(16)21-15(23)11-22-12(3)9-8-10-13(22)4/h12-13H,6-11H2,1-5H3,(H,21,23)/t12-,13-/m0/s1. The van der Waals surface area contributed by atoms with Crippen LogP contribution in [0, 0.1) is 6.92 Å². The Bertz CT molecular complexity index is 720. The van der Waals surface area contributed by atoms with Gasteiger partial charge in [0.15, 0.2) is 0 Å². The van der Waals surface area contributed by atoms with Gasteiger partial charge in [0.2, 0.25) is 5.91 Å². The lowest BCUT2D eigenvalue weighted by molar-refractivity contribution is -0.118. The first-order valence-corrected chi connectivity index (χ1v) is 10.6. The Morgan fingerprint density at radius 2 is 1.64 bits per heavy atom. The minimum absolute atomic E-state index is 0.206. The molecule has 1 saturated heterocycles. The number of anilines is 1. The molecule has 1 fully saturated rings. The Morgan fingerprint density at radius 3 is 2.21 bits per heavy atom. The van der Waals surface area contributed by atoms with Gasteiger partial charge in [-0.2, -0.15) is 0 Å². The van der Waals surface area contributed by atoms with Crippen molar-refractivity contribution in [3.63, 3.8) is 0 Å². The second-order valence-corrected chi connectivity index (χ2v) is 8.07. The van der Waals surface area contributed by atoms with Gasteiger partial charge in [-0.1, -0.05) is 6.42 Å². The van der Waals surface area contributed by atoms with E-state index in [-0.39, 0.29) is 31.2 Å². The minimum Gasteiger partial charge on any atom is -0.462 e. The van der Waals surface area contributed by atoms with Gasteiger partial charge in [-0.05, 0) is 53.0 Å². The molecule has 0 radical (unpaired) electrons. The molecule has 0 unspecified atom stereocenters. The van der Waals surface area contributed by atoms with Crippen molar-refractivity contribution >= 4 is 34.2 Å². The summed E-state index contributed by atoms with van der Waals surface area (Å²) in [6, 6.07) is 0.665. The number of hydrogen-bond donors (Lipinski definition) is 1. The summed E-state index contributed by atoms with van der Waals surface area (Å²) in [5.41, 5.74) is 0.694. The van der Waals surface area contributed by atoms with E-state index in [0.717, 1.165) is 24.2 Å². The van der Waals surface area contributed by atoms with Crippen molar-refractivity contribution in [2.75, 3.05) is 25.1 Å². The number of rotatable bonds is 7. The molecule has 2 heterocycles. The molecule has 7 nitrogen and oxygen atoms in total. The fraction of sp³-hybridized carbons (Fsp3) is 0.650. The lowest BCUT2D eigenvalue weighted by atomic mass is 9.97. The number of esters is 2. The SMILES string of the molecule is CCOC(=O)c1sc(NC(=O)CN2[C@@H](C)CCC[C@@H]2C)c(C(=O)OCC)c1C. The third kappa shape index (κ3) is 5.11. The molecule has 1 amide bonds. The number of hydrogen-bond acceptors (Lipinski definition) is 7. The van der Waals surface area contributed by atoms with Crippen LogP contribution in [0.3, 0.4) is 0 Å². The highest BCUT2D eigenvalue weighted by Gasteiger charge is 2.30. The van der Waals surface area contributed by atoms with E-state index in [4.69, 9.17) is 9.47 Å². The lowest BCUT2D eigenvalue weighted by Gasteiger charge is -2.38. The predicted octanol–water partition coefficient (Wildman–Crippen LogP) is 3.61. The van der Waals surface area contributed by atoms with Crippen LogP contribution in [-0.2, 0) is 14.3 Å². The first-order chi connectivity index (χ1) is 13.3. The van der Waals surface area contributed by atoms with Crippen molar-refractivity contribution in [2.24, 2.45) is 0 Å². The van der Waals surface area contributed by atoms with Crippen molar-refractivity contribution in [1.82, 2.24) is 4.90 Å². The van der Waals surface area contributed by atoms with E-state index in [2.05, 4.69) is 24.1 Å². The molecule has 2 rings (SSSR count). The van der Waals surface area contributed by atoms with E-state index in [9.17, 15) is 14.4 Å². The molecule has 1 aliphatic rings. The smallest absolute Gasteiger partial charge is 0.348 e. The van der Waals surface area contributed by atoms with E-state index in [0.29, 0.717) is 27.5 Å². The Labute approximate surface area is 170 Å². The lowest BCUT2D eigenvalue weighted by Crippen LogP contribution is -2.47.